The number of rotatable bonds is 6. The van der Waals surface area contributed by atoms with E-state index < -0.39 is 0 Å². The Labute approximate surface area is 96.9 Å². The van der Waals surface area contributed by atoms with Crippen molar-refractivity contribution in [3.8, 4) is 0 Å². The molecule has 5 N–H and O–H groups in total. The van der Waals surface area contributed by atoms with Crippen LogP contribution in [0.2, 0.25) is 0 Å². The summed E-state index contributed by atoms with van der Waals surface area (Å²) in [4.78, 5) is 11.7. The van der Waals surface area contributed by atoms with E-state index in [0.717, 1.165) is 39.1 Å². The Bertz CT molecular complexity index is 203. The van der Waals surface area contributed by atoms with Crippen LogP contribution < -0.4 is 21.8 Å². The van der Waals surface area contributed by atoms with E-state index in [-0.39, 0.29) is 11.8 Å². The van der Waals surface area contributed by atoms with Gasteiger partial charge in [0.15, 0.2) is 0 Å². The number of piperidine rings is 1. The number of nitrogens with zero attached hydrogens (tertiary/aromatic N) is 1. The maximum absolute atomic E-state index is 11.7. The minimum Gasteiger partial charge on any atom is -0.355 e. The molecule has 0 aromatic heterocycles. The van der Waals surface area contributed by atoms with Crippen LogP contribution in [0.15, 0.2) is 0 Å². The quantitative estimate of drug-likeness (QED) is 0.252. The summed E-state index contributed by atoms with van der Waals surface area (Å²) in [6, 6.07) is 0. The van der Waals surface area contributed by atoms with E-state index in [4.69, 9.17) is 5.84 Å². The van der Waals surface area contributed by atoms with Crippen molar-refractivity contribution in [2.75, 3.05) is 39.9 Å². The first-order valence-corrected chi connectivity index (χ1v) is 5.86. The highest BCUT2D eigenvalue weighted by atomic mass is 16.1. The molecule has 94 valence electrons. The van der Waals surface area contributed by atoms with E-state index in [9.17, 15) is 4.79 Å². The zero-order valence-corrected chi connectivity index (χ0v) is 9.96. The van der Waals surface area contributed by atoms with E-state index in [1.807, 2.05) is 7.05 Å². The molecule has 1 fully saturated rings. The minimum atomic E-state index is 0.143. The van der Waals surface area contributed by atoms with E-state index in [1.165, 1.54) is 0 Å². The molecular weight excluding hydrogens is 206 g/mol. The van der Waals surface area contributed by atoms with Crippen LogP contribution in [0, 0.1) is 5.92 Å². The Morgan fingerprint density at radius 1 is 1.38 bits per heavy atom. The highest BCUT2D eigenvalue weighted by molar-refractivity contribution is 5.78. The Morgan fingerprint density at radius 2 is 2.06 bits per heavy atom. The van der Waals surface area contributed by atoms with Crippen LogP contribution >= 0.6 is 0 Å². The van der Waals surface area contributed by atoms with Gasteiger partial charge < -0.3 is 16.0 Å². The molecular formula is C10H23N5O. The van der Waals surface area contributed by atoms with Crippen LogP contribution in [0.3, 0.4) is 0 Å². The summed E-state index contributed by atoms with van der Waals surface area (Å²) in [5, 5.41) is 10.8. The Hall–Kier alpha value is -0.690. The normalized spacial score (nSPS) is 18.6. The smallest absolute Gasteiger partial charge is 0.223 e. The topological polar surface area (TPSA) is 82.4 Å². The fourth-order valence-corrected chi connectivity index (χ4v) is 1.79. The highest BCUT2D eigenvalue weighted by Crippen LogP contribution is 2.14. The summed E-state index contributed by atoms with van der Waals surface area (Å²) >= 11 is 0. The van der Waals surface area contributed by atoms with Crippen molar-refractivity contribution in [2.24, 2.45) is 11.8 Å². The lowest BCUT2D eigenvalue weighted by atomic mass is 9.97. The molecule has 0 bridgehead atoms. The molecule has 0 radical (unpaired) electrons. The molecule has 16 heavy (non-hydrogen) atoms. The van der Waals surface area contributed by atoms with Crippen LogP contribution in [0.5, 0.6) is 0 Å². The average Bonchev–Trinajstić information content (AvgIpc) is 2.29. The molecule has 6 heteroatoms. The lowest BCUT2D eigenvalue weighted by Gasteiger charge is -2.27. The summed E-state index contributed by atoms with van der Waals surface area (Å²) in [5.41, 5.74) is 0. The molecule has 6 nitrogen and oxygen atoms in total. The lowest BCUT2D eigenvalue weighted by molar-refractivity contribution is -0.126. The zero-order chi connectivity index (χ0) is 11.8. The Morgan fingerprint density at radius 3 is 2.69 bits per heavy atom. The van der Waals surface area contributed by atoms with Crippen LogP contribution in [-0.4, -0.2) is 50.8 Å². The van der Waals surface area contributed by atoms with Crippen molar-refractivity contribution in [3.05, 3.63) is 0 Å². The molecule has 1 rings (SSSR count). The molecule has 1 aliphatic rings. The van der Waals surface area contributed by atoms with Crippen LogP contribution in [0.1, 0.15) is 12.8 Å². The van der Waals surface area contributed by atoms with Crippen molar-refractivity contribution >= 4 is 5.91 Å². The van der Waals surface area contributed by atoms with Crippen molar-refractivity contribution < 1.29 is 4.79 Å². The average molecular weight is 229 g/mol. The maximum Gasteiger partial charge on any atom is 0.223 e. The number of hydrogen-bond acceptors (Lipinski definition) is 5. The second-order valence-corrected chi connectivity index (χ2v) is 4.13. The Kier molecular flexibility index (Phi) is 6.32. The first-order valence-electron chi connectivity index (χ1n) is 5.86. The summed E-state index contributed by atoms with van der Waals surface area (Å²) in [6.07, 6.45) is 1.73. The SMILES string of the molecule is CNCNCCNC(=O)C1CCN(N)CC1. The second-order valence-electron chi connectivity index (χ2n) is 4.13. The number of nitrogens with one attached hydrogen (secondary N) is 3. The number of amides is 1. The minimum absolute atomic E-state index is 0.143. The molecule has 0 saturated carbocycles. The molecule has 0 unspecified atom stereocenters. The van der Waals surface area contributed by atoms with Gasteiger partial charge in [0, 0.05) is 38.8 Å². The molecule has 0 aromatic rings. The van der Waals surface area contributed by atoms with Gasteiger partial charge in [-0.25, -0.2) is 5.01 Å². The van der Waals surface area contributed by atoms with Gasteiger partial charge in [0.1, 0.15) is 0 Å². The van der Waals surface area contributed by atoms with Gasteiger partial charge in [-0.05, 0) is 19.9 Å². The first-order chi connectivity index (χ1) is 7.74. The third kappa shape index (κ3) is 4.89. The third-order valence-electron chi connectivity index (χ3n) is 2.80. The van der Waals surface area contributed by atoms with Gasteiger partial charge in [0.25, 0.3) is 0 Å². The fourth-order valence-electron chi connectivity index (χ4n) is 1.79. The molecule has 1 heterocycles. The van der Waals surface area contributed by atoms with Crippen LogP contribution in [0.25, 0.3) is 0 Å². The predicted molar refractivity (Wildman–Crippen MR) is 63.4 cm³/mol. The van der Waals surface area contributed by atoms with Gasteiger partial charge in [0.05, 0.1) is 0 Å². The maximum atomic E-state index is 11.7. The fraction of sp³-hybridized carbons (Fsp3) is 0.900. The van der Waals surface area contributed by atoms with E-state index in [0.29, 0.717) is 6.54 Å². The van der Waals surface area contributed by atoms with E-state index in [2.05, 4.69) is 16.0 Å². The van der Waals surface area contributed by atoms with E-state index in [1.54, 1.807) is 5.01 Å². The monoisotopic (exact) mass is 229 g/mol. The van der Waals surface area contributed by atoms with Gasteiger partial charge in [-0.2, -0.15) is 0 Å². The number of carbonyl (C=O) groups excluding carboxylic acids is 1. The summed E-state index contributed by atoms with van der Waals surface area (Å²) in [5.74, 6) is 5.95. The van der Waals surface area contributed by atoms with Crippen molar-refractivity contribution in [1.82, 2.24) is 21.0 Å². The van der Waals surface area contributed by atoms with Gasteiger partial charge in [0.2, 0.25) is 5.91 Å². The molecule has 0 aromatic carbocycles. The van der Waals surface area contributed by atoms with Crippen LogP contribution in [0.4, 0.5) is 0 Å². The van der Waals surface area contributed by atoms with Crippen molar-refractivity contribution in [1.29, 1.82) is 0 Å². The first kappa shape index (κ1) is 13.4. The molecule has 1 aliphatic heterocycles. The van der Waals surface area contributed by atoms with Gasteiger partial charge in [-0.15, -0.1) is 0 Å². The standard InChI is InChI=1S/C10H23N5O/c1-12-8-13-4-5-14-10(16)9-2-6-15(11)7-3-9/h9,12-13H,2-8,11H2,1H3,(H,14,16). The van der Waals surface area contributed by atoms with Crippen molar-refractivity contribution in [2.45, 2.75) is 12.8 Å². The third-order valence-corrected chi connectivity index (χ3v) is 2.80. The van der Waals surface area contributed by atoms with Crippen molar-refractivity contribution in [3.63, 3.8) is 0 Å². The molecule has 1 saturated heterocycles. The van der Waals surface area contributed by atoms with Gasteiger partial charge >= 0.3 is 0 Å². The molecule has 0 spiro atoms. The molecule has 1 amide bonds. The predicted octanol–water partition coefficient (Wildman–Crippen LogP) is -1.55. The lowest BCUT2D eigenvalue weighted by Crippen LogP contribution is -2.44. The summed E-state index contributed by atoms with van der Waals surface area (Å²) < 4.78 is 0. The van der Waals surface area contributed by atoms with Gasteiger partial charge in [-0.1, -0.05) is 0 Å². The zero-order valence-electron chi connectivity index (χ0n) is 9.96. The number of nitrogens with two attached hydrogens (primary N) is 1. The summed E-state index contributed by atoms with van der Waals surface area (Å²) in [7, 11) is 1.88. The largest absolute Gasteiger partial charge is 0.355 e. The highest BCUT2D eigenvalue weighted by Gasteiger charge is 2.22. The molecule has 0 atom stereocenters. The second kappa shape index (κ2) is 7.56. The van der Waals surface area contributed by atoms with Crippen LogP contribution in [-0.2, 0) is 4.79 Å². The number of hydrazine groups is 1. The molecule has 0 aliphatic carbocycles. The van der Waals surface area contributed by atoms with E-state index >= 15 is 0 Å². The Balaban J connectivity index is 2.06. The number of hydrogen-bond donors (Lipinski definition) is 4. The van der Waals surface area contributed by atoms with Gasteiger partial charge in [-0.3, -0.25) is 10.6 Å². The summed E-state index contributed by atoms with van der Waals surface area (Å²) in [6.45, 7) is 3.87. The number of carbonyl (C=O) groups is 1.